The van der Waals surface area contributed by atoms with Gasteiger partial charge in [-0.25, -0.2) is 13.2 Å². The van der Waals surface area contributed by atoms with Gasteiger partial charge in [0.25, 0.3) is 0 Å². The Morgan fingerprint density at radius 2 is 0.833 bits per heavy atom. The Bertz CT molecular complexity index is 1980. The maximum absolute atomic E-state index is 13.4. The predicted octanol–water partition coefficient (Wildman–Crippen LogP) is 4.61. The maximum Gasteiger partial charge on any atom is 0.339 e. The van der Waals surface area contributed by atoms with Crippen molar-refractivity contribution in [2.45, 2.75) is 21.6 Å². The Kier molecular flexibility index (Phi) is 8.34. The molecule has 0 bridgehead atoms. The summed E-state index contributed by atoms with van der Waals surface area (Å²) in [4.78, 5) is 10.6. The molecule has 220 valence electrons. The van der Waals surface area contributed by atoms with Crippen molar-refractivity contribution in [2.24, 2.45) is 0 Å². The predicted molar refractivity (Wildman–Crippen MR) is 139 cm³/mol. The monoisotopic (exact) mass is 642 g/mol. The SMILES string of the molecule is CC(=O)c1ccc(OS(=O)(=O)c2ccc(F)cc2)c(OS(=O)(=O)c2ccc(F)cc2)c1OS(=O)(=O)c1ccc(F)cc1. The fourth-order valence-electron chi connectivity index (χ4n) is 3.33. The van der Waals surface area contributed by atoms with Crippen LogP contribution in [0.5, 0.6) is 17.2 Å². The van der Waals surface area contributed by atoms with Crippen molar-refractivity contribution in [1.82, 2.24) is 0 Å². The Morgan fingerprint density at radius 3 is 1.19 bits per heavy atom. The summed E-state index contributed by atoms with van der Waals surface area (Å²) in [5.74, 6) is -6.51. The number of carbonyl (C=O) groups excluding carboxylic acids is 1. The van der Waals surface area contributed by atoms with Crippen LogP contribution in [0.3, 0.4) is 0 Å². The maximum atomic E-state index is 13.4. The molecule has 0 aliphatic rings. The van der Waals surface area contributed by atoms with E-state index in [1.807, 2.05) is 0 Å². The largest absolute Gasteiger partial charge is 0.375 e. The van der Waals surface area contributed by atoms with Crippen molar-refractivity contribution in [1.29, 1.82) is 0 Å². The fraction of sp³-hybridized carbons (Fsp3) is 0.0385. The minimum absolute atomic E-state index is 0.587. The number of ketones is 1. The van der Waals surface area contributed by atoms with Crippen molar-refractivity contribution in [3.8, 4) is 17.2 Å². The molecule has 4 aromatic carbocycles. The van der Waals surface area contributed by atoms with Crippen molar-refractivity contribution in [3.63, 3.8) is 0 Å². The van der Waals surface area contributed by atoms with Crippen LogP contribution >= 0.6 is 0 Å². The Morgan fingerprint density at radius 1 is 0.500 bits per heavy atom. The lowest BCUT2D eigenvalue weighted by Gasteiger charge is -2.18. The molecular formula is C26H17F3O10S3. The molecule has 0 saturated heterocycles. The van der Waals surface area contributed by atoms with Crippen LogP contribution in [-0.4, -0.2) is 31.0 Å². The molecule has 4 aromatic rings. The van der Waals surface area contributed by atoms with Gasteiger partial charge in [-0.3, -0.25) is 4.79 Å². The van der Waals surface area contributed by atoms with Gasteiger partial charge in [-0.2, -0.15) is 25.3 Å². The van der Waals surface area contributed by atoms with Gasteiger partial charge in [0.1, 0.15) is 32.1 Å². The molecule has 0 unspecified atom stereocenters. The highest BCUT2D eigenvalue weighted by atomic mass is 32.2. The van der Waals surface area contributed by atoms with Crippen LogP contribution in [0, 0.1) is 17.5 Å². The van der Waals surface area contributed by atoms with Crippen molar-refractivity contribution in [2.75, 3.05) is 0 Å². The molecule has 0 radical (unpaired) electrons. The average Bonchev–Trinajstić information content (AvgIpc) is 2.91. The Balaban J connectivity index is 1.93. The van der Waals surface area contributed by atoms with Gasteiger partial charge in [-0.15, -0.1) is 0 Å². The summed E-state index contributed by atoms with van der Waals surface area (Å²) in [6, 6.07) is 11.3. The van der Waals surface area contributed by atoms with Crippen LogP contribution in [0.15, 0.2) is 99.6 Å². The molecule has 0 aliphatic heterocycles. The van der Waals surface area contributed by atoms with Crippen LogP contribution in [0.25, 0.3) is 0 Å². The van der Waals surface area contributed by atoms with Gasteiger partial charge in [0.15, 0.2) is 11.5 Å². The molecule has 0 atom stereocenters. The molecule has 0 aromatic heterocycles. The van der Waals surface area contributed by atoms with Crippen LogP contribution in [0.2, 0.25) is 0 Å². The molecule has 10 nitrogen and oxygen atoms in total. The molecule has 4 rings (SSSR count). The number of hydrogen-bond acceptors (Lipinski definition) is 10. The lowest BCUT2D eigenvalue weighted by Crippen LogP contribution is -2.18. The zero-order valence-corrected chi connectivity index (χ0v) is 23.5. The Labute approximate surface area is 238 Å². The molecule has 0 saturated carbocycles. The van der Waals surface area contributed by atoms with Crippen molar-refractivity contribution < 1.29 is 55.8 Å². The van der Waals surface area contributed by atoms with Crippen LogP contribution in [0.1, 0.15) is 17.3 Å². The third-order valence-corrected chi connectivity index (χ3v) is 9.07. The molecule has 0 heterocycles. The molecule has 42 heavy (non-hydrogen) atoms. The zero-order chi connectivity index (χ0) is 30.9. The zero-order valence-electron chi connectivity index (χ0n) is 21.0. The first kappa shape index (κ1) is 30.5. The molecule has 0 spiro atoms. The second-order valence-electron chi connectivity index (χ2n) is 8.30. The lowest BCUT2D eigenvalue weighted by atomic mass is 10.1. The van der Waals surface area contributed by atoms with E-state index >= 15 is 0 Å². The van der Waals surface area contributed by atoms with E-state index in [-0.39, 0.29) is 0 Å². The molecule has 0 fully saturated rings. The van der Waals surface area contributed by atoms with Crippen LogP contribution in [0.4, 0.5) is 13.2 Å². The van der Waals surface area contributed by atoms with Crippen molar-refractivity contribution >= 4 is 36.1 Å². The summed E-state index contributed by atoms with van der Waals surface area (Å²) in [7, 11) is -14.8. The smallest absolute Gasteiger partial charge is 0.339 e. The number of halogens is 3. The first-order valence-corrected chi connectivity index (χ1v) is 15.6. The Hall–Kier alpha value is -4.41. The van der Waals surface area contributed by atoms with E-state index in [1.165, 1.54) is 0 Å². The van der Waals surface area contributed by atoms with E-state index in [0.717, 1.165) is 91.9 Å². The normalized spacial score (nSPS) is 12.0. The topological polar surface area (TPSA) is 147 Å². The minimum atomic E-state index is -5.00. The third-order valence-electron chi connectivity index (χ3n) is 5.35. The van der Waals surface area contributed by atoms with Gasteiger partial charge in [0, 0.05) is 0 Å². The van der Waals surface area contributed by atoms with Crippen LogP contribution in [-0.2, 0) is 30.4 Å². The highest BCUT2D eigenvalue weighted by Crippen LogP contribution is 2.44. The summed E-state index contributed by atoms with van der Waals surface area (Å²) in [6.07, 6.45) is 0. The number of Topliss-reactive ketones (excluding diaryl/α,β-unsaturated/α-hetero) is 1. The summed E-state index contributed by atoms with van der Waals surface area (Å²) in [5.41, 5.74) is -0.587. The average molecular weight is 643 g/mol. The van der Waals surface area contributed by atoms with Gasteiger partial charge >= 0.3 is 30.4 Å². The first-order chi connectivity index (χ1) is 19.6. The van der Waals surface area contributed by atoms with E-state index in [4.69, 9.17) is 12.5 Å². The number of rotatable bonds is 10. The third kappa shape index (κ3) is 6.72. The van der Waals surface area contributed by atoms with E-state index in [2.05, 4.69) is 0 Å². The van der Waals surface area contributed by atoms with Gasteiger partial charge in [-0.1, -0.05) is 0 Å². The lowest BCUT2D eigenvalue weighted by molar-refractivity contribution is 0.101. The summed E-state index contributed by atoms with van der Waals surface area (Å²) >= 11 is 0. The summed E-state index contributed by atoms with van der Waals surface area (Å²) in [5, 5.41) is 0. The van der Waals surface area contributed by atoms with Gasteiger partial charge in [0.05, 0.1) is 5.56 Å². The fourth-order valence-corrected chi connectivity index (χ4v) is 6.16. The summed E-state index contributed by atoms with van der Waals surface area (Å²) < 4.78 is 134. The second-order valence-corrected chi connectivity index (χ2v) is 12.9. The van der Waals surface area contributed by atoms with Crippen molar-refractivity contribution in [3.05, 3.63) is 108 Å². The molecule has 0 amide bonds. The molecule has 16 heteroatoms. The van der Waals surface area contributed by atoms with E-state index < -0.39 is 91.1 Å². The number of carbonyl (C=O) groups is 1. The van der Waals surface area contributed by atoms with E-state index in [9.17, 15) is 43.2 Å². The quantitative estimate of drug-likeness (QED) is 0.177. The molecule has 0 N–H and O–H groups in total. The molecular weight excluding hydrogens is 625 g/mol. The molecule has 0 aliphatic carbocycles. The standard InChI is InChI=1S/C26H17F3O10S3/c1-16(30)23-14-15-24(37-40(31,32)20-8-2-17(27)3-9-20)26(39-42(35,36)22-12-6-19(29)7-13-22)25(23)38-41(33,34)21-10-4-18(28)5-11-21/h2-15H,1H3. The van der Waals surface area contributed by atoms with Gasteiger partial charge < -0.3 is 12.5 Å². The highest BCUT2D eigenvalue weighted by Gasteiger charge is 2.32. The first-order valence-electron chi connectivity index (χ1n) is 11.4. The van der Waals surface area contributed by atoms with Crippen LogP contribution < -0.4 is 12.5 Å². The number of benzene rings is 4. The second kappa shape index (κ2) is 11.5. The minimum Gasteiger partial charge on any atom is -0.375 e. The van der Waals surface area contributed by atoms with Gasteiger partial charge in [0.2, 0.25) is 11.5 Å². The number of hydrogen-bond donors (Lipinski definition) is 0. The summed E-state index contributed by atoms with van der Waals surface area (Å²) in [6.45, 7) is 0.959. The van der Waals surface area contributed by atoms with Gasteiger partial charge in [-0.05, 0) is 91.9 Å². The van der Waals surface area contributed by atoms with E-state index in [1.54, 1.807) is 0 Å². The van der Waals surface area contributed by atoms with E-state index in [0.29, 0.717) is 0 Å². The highest BCUT2D eigenvalue weighted by molar-refractivity contribution is 7.87.